The molecule has 108 valence electrons. The minimum absolute atomic E-state index is 0.101. The Morgan fingerprint density at radius 2 is 1.95 bits per heavy atom. The Labute approximate surface area is 129 Å². The van der Waals surface area contributed by atoms with Gasteiger partial charge in [-0.25, -0.2) is 13.1 Å². The molecule has 1 heterocycles. The average Bonchev–Trinajstić information content (AvgIpc) is 2.84. The maximum absolute atomic E-state index is 12.0. The van der Waals surface area contributed by atoms with E-state index in [0.717, 1.165) is 11.3 Å². The maximum Gasteiger partial charge on any atom is 0.251 e. The van der Waals surface area contributed by atoms with Crippen LogP contribution in [0, 0.1) is 0 Å². The van der Waals surface area contributed by atoms with Crippen LogP contribution in [-0.4, -0.2) is 20.1 Å². The van der Waals surface area contributed by atoms with Crippen molar-refractivity contribution in [3.63, 3.8) is 0 Å². The zero-order chi connectivity index (χ0) is 14.8. The molecule has 5 nitrogen and oxygen atoms in total. The zero-order valence-corrected chi connectivity index (χ0v) is 13.5. The lowest BCUT2D eigenvalue weighted by molar-refractivity contribution is 0.182. The van der Waals surface area contributed by atoms with Crippen molar-refractivity contribution in [1.29, 1.82) is 0 Å². The molecule has 1 unspecified atom stereocenters. The standard InChI is InChI=1S/C12H13BrN2O3S2/c13-10-5-6-19-12(10)20(17,18)15-7-11(16)8-1-3-9(14)4-2-8/h1-6,11,15-16H,7,14H2. The van der Waals surface area contributed by atoms with Gasteiger partial charge in [-0.3, -0.25) is 0 Å². The van der Waals surface area contributed by atoms with E-state index < -0.39 is 16.1 Å². The van der Waals surface area contributed by atoms with Crippen LogP contribution in [0.3, 0.4) is 0 Å². The number of hydrogen-bond acceptors (Lipinski definition) is 5. The molecule has 0 aliphatic rings. The summed E-state index contributed by atoms with van der Waals surface area (Å²) in [6, 6.07) is 8.30. The van der Waals surface area contributed by atoms with Crippen molar-refractivity contribution in [2.45, 2.75) is 10.3 Å². The van der Waals surface area contributed by atoms with Crippen LogP contribution in [-0.2, 0) is 10.0 Å². The third kappa shape index (κ3) is 3.58. The molecule has 0 spiro atoms. The van der Waals surface area contributed by atoms with E-state index in [1.807, 2.05) is 0 Å². The van der Waals surface area contributed by atoms with Gasteiger partial charge in [0.15, 0.2) is 0 Å². The van der Waals surface area contributed by atoms with Gasteiger partial charge in [-0.05, 0) is 45.1 Å². The monoisotopic (exact) mass is 376 g/mol. The highest BCUT2D eigenvalue weighted by molar-refractivity contribution is 9.10. The average molecular weight is 377 g/mol. The lowest BCUT2D eigenvalue weighted by Gasteiger charge is -2.12. The highest BCUT2D eigenvalue weighted by Crippen LogP contribution is 2.27. The molecule has 0 radical (unpaired) electrons. The number of anilines is 1. The molecular weight excluding hydrogens is 364 g/mol. The Kier molecular flexibility index (Phi) is 4.82. The van der Waals surface area contributed by atoms with E-state index in [-0.39, 0.29) is 10.8 Å². The molecule has 1 aromatic heterocycles. The Balaban J connectivity index is 2.05. The number of nitrogens with two attached hydrogens (primary N) is 1. The van der Waals surface area contributed by atoms with Gasteiger partial charge in [-0.2, -0.15) is 0 Å². The predicted molar refractivity (Wildman–Crippen MR) is 83.0 cm³/mol. The molecule has 4 N–H and O–H groups in total. The lowest BCUT2D eigenvalue weighted by Crippen LogP contribution is -2.28. The minimum Gasteiger partial charge on any atom is -0.399 e. The third-order valence-corrected chi connectivity index (χ3v) is 6.71. The van der Waals surface area contributed by atoms with Gasteiger partial charge < -0.3 is 10.8 Å². The first-order valence-electron chi connectivity index (χ1n) is 5.66. The molecule has 0 amide bonds. The number of sulfonamides is 1. The van der Waals surface area contributed by atoms with Crippen molar-refractivity contribution < 1.29 is 13.5 Å². The largest absolute Gasteiger partial charge is 0.399 e. The summed E-state index contributed by atoms with van der Waals surface area (Å²) in [5, 5.41) is 11.6. The fraction of sp³-hybridized carbons (Fsp3) is 0.167. The van der Waals surface area contributed by atoms with Gasteiger partial charge in [0, 0.05) is 16.7 Å². The van der Waals surface area contributed by atoms with Crippen LogP contribution < -0.4 is 10.5 Å². The maximum atomic E-state index is 12.0. The molecule has 1 aromatic carbocycles. The molecular formula is C12H13BrN2O3S2. The minimum atomic E-state index is -3.62. The van der Waals surface area contributed by atoms with Crippen LogP contribution in [0.4, 0.5) is 5.69 Å². The second kappa shape index (κ2) is 6.23. The first kappa shape index (κ1) is 15.5. The van der Waals surface area contributed by atoms with Crippen LogP contribution in [0.5, 0.6) is 0 Å². The summed E-state index contributed by atoms with van der Waals surface area (Å²) in [5.74, 6) is 0. The molecule has 0 fully saturated rings. The first-order chi connectivity index (χ1) is 9.40. The number of aliphatic hydroxyl groups excluding tert-OH is 1. The Bertz CT molecular complexity index is 683. The fourth-order valence-corrected chi connectivity index (χ4v) is 4.98. The van der Waals surface area contributed by atoms with Gasteiger partial charge >= 0.3 is 0 Å². The van der Waals surface area contributed by atoms with Crippen LogP contribution in [0.2, 0.25) is 0 Å². The van der Waals surface area contributed by atoms with Gasteiger partial charge in [0.05, 0.1) is 6.10 Å². The number of nitrogens with one attached hydrogen (secondary N) is 1. The van der Waals surface area contributed by atoms with Gasteiger partial charge in [0.2, 0.25) is 0 Å². The number of rotatable bonds is 5. The summed E-state index contributed by atoms with van der Waals surface area (Å²) in [4.78, 5) is 0. The van der Waals surface area contributed by atoms with Crippen LogP contribution in [0.15, 0.2) is 44.4 Å². The number of nitrogen functional groups attached to an aromatic ring is 1. The Morgan fingerprint density at radius 1 is 1.30 bits per heavy atom. The van der Waals surface area contributed by atoms with Crippen molar-refractivity contribution in [1.82, 2.24) is 4.72 Å². The SMILES string of the molecule is Nc1ccc(C(O)CNS(=O)(=O)c2sccc2Br)cc1. The molecule has 0 aliphatic carbocycles. The number of thiophene rings is 1. The van der Waals surface area contributed by atoms with Crippen molar-refractivity contribution in [3.05, 3.63) is 45.7 Å². The predicted octanol–water partition coefficient (Wildman–Crippen LogP) is 2.10. The summed E-state index contributed by atoms with van der Waals surface area (Å²) < 4.78 is 27.2. The highest BCUT2D eigenvalue weighted by Gasteiger charge is 2.20. The number of benzene rings is 1. The number of hydrogen-bond donors (Lipinski definition) is 3. The fourth-order valence-electron chi connectivity index (χ4n) is 1.56. The lowest BCUT2D eigenvalue weighted by atomic mass is 10.1. The first-order valence-corrected chi connectivity index (χ1v) is 8.82. The highest BCUT2D eigenvalue weighted by atomic mass is 79.9. The molecule has 0 saturated heterocycles. The van der Waals surface area contributed by atoms with E-state index >= 15 is 0 Å². The molecule has 2 aromatic rings. The van der Waals surface area contributed by atoms with Crippen LogP contribution >= 0.6 is 27.3 Å². The van der Waals surface area contributed by atoms with E-state index in [0.29, 0.717) is 15.7 Å². The van der Waals surface area contributed by atoms with Crippen molar-refractivity contribution in [2.24, 2.45) is 0 Å². The molecule has 0 aliphatic heterocycles. The van der Waals surface area contributed by atoms with Crippen molar-refractivity contribution >= 4 is 43.0 Å². The molecule has 0 saturated carbocycles. The number of halogens is 1. The second-order valence-corrected chi connectivity index (χ2v) is 7.82. The summed E-state index contributed by atoms with van der Waals surface area (Å²) in [7, 11) is -3.62. The van der Waals surface area contributed by atoms with Crippen molar-refractivity contribution in [2.75, 3.05) is 12.3 Å². The summed E-state index contributed by atoms with van der Waals surface area (Å²) in [6.07, 6.45) is -0.927. The smallest absolute Gasteiger partial charge is 0.251 e. The van der Waals surface area contributed by atoms with Gasteiger partial charge in [0.1, 0.15) is 4.21 Å². The summed E-state index contributed by atoms with van der Waals surface area (Å²) in [6.45, 7) is -0.101. The summed E-state index contributed by atoms with van der Waals surface area (Å²) in [5.41, 5.74) is 6.74. The quantitative estimate of drug-likeness (QED) is 0.696. The van der Waals surface area contributed by atoms with E-state index in [1.165, 1.54) is 0 Å². The van der Waals surface area contributed by atoms with E-state index in [1.54, 1.807) is 35.7 Å². The Hall–Kier alpha value is -0.930. The van der Waals surface area contributed by atoms with E-state index in [2.05, 4.69) is 20.7 Å². The van der Waals surface area contributed by atoms with Crippen LogP contribution in [0.1, 0.15) is 11.7 Å². The normalized spacial score (nSPS) is 13.3. The van der Waals surface area contributed by atoms with Gasteiger partial charge in [0.25, 0.3) is 10.0 Å². The topological polar surface area (TPSA) is 92.4 Å². The second-order valence-electron chi connectivity index (χ2n) is 4.09. The molecule has 20 heavy (non-hydrogen) atoms. The van der Waals surface area contributed by atoms with E-state index in [9.17, 15) is 13.5 Å². The molecule has 0 bridgehead atoms. The zero-order valence-electron chi connectivity index (χ0n) is 10.3. The Morgan fingerprint density at radius 3 is 2.50 bits per heavy atom. The van der Waals surface area contributed by atoms with Gasteiger partial charge in [-0.1, -0.05) is 12.1 Å². The molecule has 8 heteroatoms. The summed E-state index contributed by atoms with van der Waals surface area (Å²) >= 11 is 4.29. The van der Waals surface area contributed by atoms with E-state index in [4.69, 9.17) is 5.73 Å². The van der Waals surface area contributed by atoms with Crippen LogP contribution in [0.25, 0.3) is 0 Å². The van der Waals surface area contributed by atoms with Gasteiger partial charge in [-0.15, -0.1) is 11.3 Å². The van der Waals surface area contributed by atoms with Crippen molar-refractivity contribution in [3.8, 4) is 0 Å². The number of aliphatic hydroxyl groups is 1. The molecule has 2 rings (SSSR count). The molecule has 1 atom stereocenters. The third-order valence-electron chi connectivity index (χ3n) is 2.62.